The second-order valence-corrected chi connectivity index (χ2v) is 6.09. The number of hydrogen-bond acceptors (Lipinski definition) is 4. The number of nitrogens with zero attached hydrogens (tertiary/aromatic N) is 4. The number of anilines is 1. The van der Waals surface area contributed by atoms with E-state index in [0.29, 0.717) is 18.4 Å². The fourth-order valence-corrected chi connectivity index (χ4v) is 3.13. The largest absolute Gasteiger partial charge is 0.353 e. The molecule has 1 aliphatic rings. The van der Waals surface area contributed by atoms with E-state index in [0.717, 1.165) is 32.5 Å². The van der Waals surface area contributed by atoms with E-state index in [1.807, 2.05) is 6.92 Å². The maximum Gasteiger partial charge on any atom is 0.293 e. The molecule has 0 aromatic carbocycles. The Morgan fingerprint density at radius 1 is 1.30 bits per heavy atom. The van der Waals surface area contributed by atoms with Crippen LogP contribution in [0.5, 0.6) is 0 Å². The smallest absolute Gasteiger partial charge is 0.293 e. The summed E-state index contributed by atoms with van der Waals surface area (Å²) in [7, 11) is 2.07. The molecule has 0 aliphatic carbocycles. The molecule has 0 saturated carbocycles. The molecule has 0 bridgehead atoms. The molecular weight excluding hydrogens is 290 g/mol. The highest BCUT2D eigenvalue weighted by Crippen LogP contribution is 2.15. The molecule has 1 saturated heterocycles. The Morgan fingerprint density at radius 2 is 2.09 bits per heavy atom. The standard InChI is InChI=1S/C17H25N5O/c1-3-21-12-8-18-16(17(21)23)22-10-6-14(7-11-22)19-13-15-5-4-9-20(15)2/h4-5,8-9,12,14,19H,3,6-7,10-11,13H2,1-2H3. The van der Waals surface area contributed by atoms with Crippen LogP contribution in [-0.4, -0.2) is 33.2 Å². The molecule has 2 aromatic rings. The number of hydrogen-bond donors (Lipinski definition) is 1. The van der Waals surface area contributed by atoms with Crippen molar-refractivity contribution in [3.8, 4) is 0 Å². The molecule has 124 valence electrons. The maximum atomic E-state index is 12.3. The summed E-state index contributed by atoms with van der Waals surface area (Å²) in [6.45, 7) is 5.30. The second kappa shape index (κ2) is 7.00. The summed E-state index contributed by atoms with van der Waals surface area (Å²) in [6.07, 6.45) is 7.61. The highest BCUT2D eigenvalue weighted by atomic mass is 16.1. The van der Waals surface area contributed by atoms with Crippen LogP contribution in [0.4, 0.5) is 5.82 Å². The number of aromatic nitrogens is 3. The van der Waals surface area contributed by atoms with Crippen LogP contribution < -0.4 is 15.8 Å². The van der Waals surface area contributed by atoms with Crippen LogP contribution in [0.25, 0.3) is 0 Å². The van der Waals surface area contributed by atoms with Crippen molar-refractivity contribution < 1.29 is 0 Å². The Morgan fingerprint density at radius 3 is 2.74 bits per heavy atom. The molecule has 0 spiro atoms. The number of piperidine rings is 1. The van der Waals surface area contributed by atoms with Crippen molar-refractivity contribution in [1.29, 1.82) is 0 Å². The molecule has 6 nitrogen and oxygen atoms in total. The van der Waals surface area contributed by atoms with Crippen LogP contribution in [0, 0.1) is 0 Å². The van der Waals surface area contributed by atoms with E-state index in [-0.39, 0.29) is 5.56 Å². The Labute approximate surface area is 136 Å². The third kappa shape index (κ3) is 3.47. The van der Waals surface area contributed by atoms with Crippen molar-refractivity contribution in [2.75, 3.05) is 18.0 Å². The summed E-state index contributed by atoms with van der Waals surface area (Å²) in [6, 6.07) is 4.71. The molecule has 0 unspecified atom stereocenters. The van der Waals surface area contributed by atoms with Crippen LogP contribution in [0.15, 0.2) is 35.5 Å². The maximum absolute atomic E-state index is 12.3. The fraction of sp³-hybridized carbons (Fsp3) is 0.529. The van der Waals surface area contributed by atoms with E-state index in [2.05, 4.69) is 45.1 Å². The van der Waals surface area contributed by atoms with Crippen molar-refractivity contribution in [3.05, 3.63) is 46.8 Å². The molecule has 1 fully saturated rings. The van der Waals surface area contributed by atoms with Gasteiger partial charge in [0.25, 0.3) is 5.56 Å². The predicted molar refractivity (Wildman–Crippen MR) is 91.7 cm³/mol. The fourth-order valence-electron chi connectivity index (χ4n) is 3.13. The lowest BCUT2D eigenvalue weighted by molar-refractivity contribution is 0.407. The van der Waals surface area contributed by atoms with E-state index in [9.17, 15) is 4.79 Å². The van der Waals surface area contributed by atoms with E-state index in [1.54, 1.807) is 17.0 Å². The molecule has 3 heterocycles. The van der Waals surface area contributed by atoms with Gasteiger partial charge in [-0.15, -0.1) is 0 Å². The first-order chi connectivity index (χ1) is 11.2. The average Bonchev–Trinajstić information content (AvgIpc) is 2.99. The molecule has 0 radical (unpaired) electrons. The highest BCUT2D eigenvalue weighted by molar-refractivity contribution is 5.36. The van der Waals surface area contributed by atoms with Gasteiger partial charge in [-0.05, 0) is 31.9 Å². The molecule has 6 heteroatoms. The minimum absolute atomic E-state index is 0.0187. The second-order valence-electron chi connectivity index (χ2n) is 6.09. The summed E-state index contributed by atoms with van der Waals surface area (Å²) < 4.78 is 3.85. The molecule has 3 rings (SSSR count). The van der Waals surface area contributed by atoms with E-state index >= 15 is 0 Å². The predicted octanol–water partition coefficient (Wildman–Crippen LogP) is 1.36. The van der Waals surface area contributed by atoms with Crippen molar-refractivity contribution in [3.63, 3.8) is 0 Å². The zero-order valence-electron chi connectivity index (χ0n) is 13.9. The van der Waals surface area contributed by atoms with Crippen molar-refractivity contribution >= 4 is 5.82 Å². The number of aryl methyl sites for hydroxylation is 2. The molecule has 2 aromatic heterocycles. The van der Waals surface area contributed by atoms with Crippen LogP contribution in [0.3, 0.4) is 0 Å². The lowest BCUT2D eigenvalue weighted by Crippen LogP contribution is -2.44. The van der Waals surface area contributed by atoms with Crippen molar-refractivity contribution in [2.45, 2.75) is 38.9 Å². The highest BCUT2D eigenvalue weighted by Gasteiger charge is 2.22. The quantitative estimate of drug-likeness (QED) is 0.905. The van der Waals surface area contributed by atoms with Gasteiger partial charge in [-0.1, -0.05) is 0 Å². The summed E-state index contributed by atoms with van der Waals surface area (Å²) in [5.41, 5.74) is 1.31. The van der Waals surface area contributed by atoms with E-state index in [4.69, 9.17) is 0 Å². The zero-order chi connectivity index (χ0) is 16.2. The molecule has 0 amide bonds. The summed E-state index contributed by atoms with van der Waals surface area (Å²) in [5.74, 6) is 0.593. The first-order valence-electron chi connectivity index (χ1n) is 8.33. The summed E-state index contributed by atoms with van der Waals surface area (Å²) in [4.78, 5) is 18.8. The van der Waals surface area contributed by atoms with Gasteiger partial charge in [0.2, 0.25) is 0 Å². The average molecular weight is 315 g/mol. The van der Waals surface area contributed by atoms with Crippen molar-refractivity contribution in [2.24, 2.45) is 7.05 Å². The van der Waals surface area contributed by atoms with Gasteiger partial charge >= 0.3 is 0 Å². The molecule has 1 N–H and O–H groups in total. The molecule has 23 heavy (non-hydrogen) atoms. The Bertz CT molecular complexity index is 697. The lowest BCUT2D eigenvalue weighted by Gasteiger charge is -2.33. The zero-order valence-corrected chi connectivity index (χ0v) is 13.9. The van der Waals surface area contributed by atoms with Crippen molar-refractivity contribution in [1.82, 2.24) is 19.4 Å². The summed E-state index contributed by atoms with van der Waals surface area (Å²) in [5, 5.41) is 3.62. The first-order valence-corrected chi connectivity index (χ1v) is 8.33. The topological polar surface area (TPSA) is 55.1 Å². The minimum Gasteiger partial charge on any atom is -0.353 e. The van der Waals surface area contributed by atoms with Gasteiger partial charge in [0.1, 0.15) is 0 Å². The van der Waals surface area contributed by atoms with Gasteiger partial charge in [-0.25, -0.2) is 4.98 Å². The van der Waals surface area contributed by atoms with E-state index in [1.165, 1.54) is 5.69 Å². The van der Waals surface area contributed by atoms with Gasteiger partial charge < -0.3 is 19.4 Å². The molecular formula is C17H25N5O. The Kier molecular flexibility index (Phi) is 4.81. The normalized spacial score (nSPS) is 16.0. The van der Waals surface area contributed by atoms with Gasteiger partial charge in [0, 0.05) is 63.6 Å². The number of rotatable bonds is 5. The van der Waals surface area contributed by atoms with E-state index < -0.39 is 0 Å². The van der Waals surface area contributed by atoms with Crippen LogP contribution in [-0.2, 0) is 20.1 Å². The lowest BCUT2D eigenvalue weighted by atomic mass is 10.0. The third-order valence-corrected chi connectivity index (χ3v) is 4.65. The van der Waals surface area contributed by atoms with Gasteiger partial charge in [-0.2, -0.15) is 0 Å². The molecule has 0 atom stereocenters. The Balaban J connectivity index is 1.56. The van der Waals surface area contributed by atoms with Gasteiger partial charge in [-0.3, -0.25) is 4.79 Å². The number of nitrogens with one attached hydrogen (secondary N) is 1. The van der Waals surface area contributed by atoms with Crippen LogP contribution in [0.2, 0.25) is 0 Å². The van der Waals surface area contributed by atoms with Crippen LogP contribution in [0.1, 0.15) is 25.5 Å². The van der Waals surface area contributed by atoms with Gasteiger partial charge in [0.05, 0.1) is 0 Å². The monoisotopic (exact) mass is 315 g/mol. The Hall–Kier alpha value is -2.08. The SMILES string of the molecule is CCn1ccnc(N2CCC(NCc3cccn3C)CC2)c1=O. The third-order valence-electron chi connectivity index (χ3n) is 4.65. The van der Waals surface area contributed by atoms with Gasteiger partial charge in [0.15, 0.2) is 5.82 Å². The minimum atomic E-state index is 0.0187. The molecule has 1 aliphatic heterocycles. The van der Waals surface area contributed by atoms with Crippen LogP contribution >= 0.6 is 0 Å². The first kappa shape index (κ1) is 15.8. The summed E-state index contributed by atoms with van der Waals surface area (Å²) >= 11 is 0.